The number of alkyl halides is 2. The van der Waals surface area contributed by atoms with Crippen LogP contribution in [-0.4, -0.2) is 25.9 Å². The Kier molecular flexibility index (Phi) is 5.15. The highest BCUT2D eigenvalue weighted by molar-refractivity contribution is 5.47. The van der Waals surface area contributed by atoms with Crippen molar-refractivity contribution < 1.29 is 23.4 Å². The largest absolute Gasteiger partial charge is 0.496 e. The highest BCUT2D eigenvalue weighted by Crippen LogP contribution is 2.35. The summed E-state index contributed by atoms with van der Waals surface area (Å²) in [7, 11) is 2.78. The van der Waals surface area contributed by atoms with E-state index in [0.717, 1.165) is 5.56 Å². The molecule has 0 aliphatic carbocycles. The lowest BCUT2D eigenvalue weighted by molar-refractivity contribution is 0.146. The number of methoxy groups -OCH3 is 2. The van der Waals surface area contributed by atoms with E-state index in [1.54, 1.807) is 0 Å². The molecule has 0 aliphatic heterocycles. The van der Waals surface area contributed by atoms with Crippen LogP contribution in [0.5, 0.6) is 11.5 Å². The molecular weight excluding hydrogens is 230 g/mol. The Hall–Kier alpha value is -1.36. The first-order chi connectivity index (χ1) is 8.13. The molecule has 5 heteroatoms. The van der Waals surface area contributed by atoms with Gasteiger partial charge in [0.15, 0.2) is 0 Å². The van der Waals surface area contributed by atoms with Gasteiger partial charge in [-0.05, 0) is 30.5 Å². The van der Waals surface area contributed by atoms with Crippen molar-refractivity contribution in [3.8, 4) is 11.5 Å². The first-order valence-corrected chi connectivity index (χ1v) is 5.27. The molecule has 1 aromatic rings. The molecule has 0 spiro atoms. The zero-order chi connectivity index (χ0) is 12.8. The van der Waals surface area contributed by atoms with Crippen LogP contribution in [0.2, 0.25) is 0 Å². The number of aliphatic hydroxyl groups is 1. The average molecular weight is 246 g/mol. The van der Waals surface area contributed by atoms with Crippen LogP contribution in [0.25, 0.3) is 0 Å². The Balaban J connectivity index is 3.13. The fourth-order valence-electron chi connectivity index (χ4n) is 1.62. The van der Waals surface area contributed by atoms with Crippen LogP contribution in [0.4, 0.5) is 8.78 Å². The lowest BCUT2D eigenvalue weighted by Gasteiger charge is -2.14. The molecule has 1 N–H and O–H groups in total. The molecule has 3 nitrogen and oxygen atoms in total. The van der Waals surface area contributed by atoms with Gasteiger partial charge in [0.1, 0.15) is 11.5 Å². The van der Waals surface area contributed by atoms with Crippen LogP contribution >= 0.6 is 0 Å². The van der Waals surface area contributed by atoms with Crippen LogP contribution in [-0.2, 0) is 6.42 Å². The summed E-state index contributed by atoms with van der Waals surface area (Å²) >= 11 is 0. The van der Waals surface area contributed by atoms with Gasteiger partial charge in [0.05, 0.1) is 19.8 Å². The normalized spacial score (nSPS) is 10.7. The third kappa shape index (κ3) is 3.30. The van der Waals surface area contributed by atoms with Crippen molar-refractivity contribution in [2.45, 2.75) is 19.3 Å². The number of rotatable bonds is 6. The lowest BCUT2D eigenvalue weighted by Crippen LogP contribution is -2.00. The van der Waals surface area contributed by atoms with Crippen LogP contribution in [0.3, 0.4) is 0 Å². The number of ether oxygens (including phenoxy) is 2. The maximum absolute atomic E-state index is 12.7. The molecule has 17 heavy (non-hydrogen) atoms. The minimum Gasteiger partial charge on any atom is -0.496 e. The predicted molar refractivity (Wildman–Crippen MR) is 59.9 cm³/mol. The van der Waals surface area contributed by atoms with Crippen LogP contribution < -0.4 is 9.47 Å². The first-order valence-electron chi connectivity index (χ1n) is 5.27. The Morgan fingerprint density at radius 3 is 2.29 bits per heavy atom. The average Bonchev–Trinajstić information content (AvgIpc) is 2.34. The standard InChI is InChI=1S/C12H16F2O3/c1-16-10-7-9(12(13)14)11(17-2)6-8(10)4-3-5-15/h6-7,12,15H,3-5H2,1-2H3. The van der Waals surface area contributed by atoms with Crippen LogP contribution in [0.15, 0.2) is 12.1 Å². The molecule has 0 atom stereocenters. The van der Waals surface area contributed by atoms with Crippen LogP contribution in [0.1, 0.15) is 24.0 Å². The van der Waals surface area contributed by atoms with Gasteiger partial charge in [0.25, 0.3) is 6.43 Å². The van der Waals surface area contributed by atoms with Gasteiger partial charge in [-0.15, -0.1) is 0 Å². The van der Waals surface area contributed by atoms with E-state index in [9.17, 15) is 8.78 Å². The second-order valence-corrected chi connectivity index (χ2v) is 3.53. The summed E-state index contributed by atoms with van der Waals surface area (Å²) in [5.41, 5.74) is 0.569. The second kappa shape index (κ2) is 6.39. The minimum atomic E-state index is -2.61. The van der Waals surface area contributed by atoms with Crippen molar-refractivity contribution >= 4 is 0 Å². The second-order valence-electron chi connectivity index (χ2n) is 3.53. The number of hydrogen-bond donors (Lipinski definition) is 1. The summed E-state index contributed by atoms with van der Waals surface area (Å²) in [5.74, 6) is 0.545. The molecule has 1 aromatic carbocycles. The quantitative estimate of drug-likeness (QED) is 0.838. The molecule has 0 saturated heterocycles. The van der Waals surface area contributed by atoms with Gasteiger partial charge >= 0.3 is 0 Å². The zero-order valence-corrected chi connectivity index (χ0v) is 9.87. The molecule has 0 unspecified atom stereocenters. The van der Waals surface area contributed by atoms with Gasteiger partial charge in [-0.25, -0.2) is 8.78 Å². The number of hydrogen-bond acceptors (Lipinski definition) is 3. The topological polar surface area (TPSA) is 38.7 Å². The molecule has 0 fully saturated rings. The van der Waals surface area contributed by atoms with E-state index in [-0.39, 0.29) is 17.9 Å². The number of benzene rings is 1. The maximum atomic E-state index is 12.7. The fraction of sp³-hybridized carbons (Fsp3) is 0.500. The Morgan fingerprint density at radius 2 is 1.82 bits per heavy atom. The van der Waals surface area contributed by atoms with Gasteiger partial charge in [-0.2, -0.15) is 0 Å². The van der Waals surface area contributed by atoms with E-state index < -0.39 is 6.43 Å². The Morgan fingerprint density at radius 1 is 1.18 bits per heavy atom. The van der Waals surface area contributed by atoms with Gasteiger partial charge < -0.3 is 14.6 Å². The molecule has 0 amide bonds. The number of halogens is 2. The predicted octanol–water partition coefficient (Wildman–Crippen LogP) is 2.57. The monoisotopic (exact) mass is 246 g/mol. The van der Waals surface area contributed by atoms with Crippen LogP contribution in [0, 0.1) is 0 Å². The molecule has 1 rings (SSSR count). The minimum absolute atomic E-state index is 0.0437. The molecule has 96 valence electrons. The van der Waals surface area contributed by atoms with E-state index in [1.807, 2.05) is 0 Å². The molecule has 0 saturated carbocycles. The van der Waals surface area contributed by atoms with Crippen molar-refractivity contribution in [1.29, 1.82) is 0 Å². The fourth-order valence-corrected chi connectivity index (χ4v) is 1.62. The highest BCUT2D eigenvalue weighted by Gasteiger charge is 2.17. The third-order valence-electron chi connectivity index (χ3n) is 2.47. The highest BCUT2D eigenvalue weighted by atomic mass is 19.3. The van der Waals surface area contributed by atoms with E-state index in [2.05, 4.69) is 0 Å². The molecule has 0 aliphatic rings. The van der Waals surface area contributed by atoms with E-state index in [1.165, 1.54) is 26.4 Å². The van der Waals surface area contributed by atoms with Crippen molar-refractivity contribution in [3.63, 3.8) is 0 Å². The molecule has 0 bridgehead atoms. The van der Waals surface area contributed by atoms with E-state index >= 15 is 0 Å². The summed E-state index contributed by atoms with van der Waals surface area (Å²) in [6.07, 6.45) is -1.50. The summed E-state index contributed by atoms with van der Waals surface area (Å²) < 4.78 is 35.5. The van der Waals surface area contributed by atoms with E-state index in [0.29, 0.717) is 18.6 Å². The summed E-state index contributed by atoms with van der Waals surface area (Å²) in [5, 5.41) is 8.77. The maximum Gasteiger partial charge on any atom is 0.267 e. The van der Waals surface area contributed by atoms with Crippen molar-refractivity contribution in [2.75, 3.05) is 20.8 Å². The molecule has 0 heterocycles. The summed E-state index contributed by atoms with van der Waals surface area (Å²) in [4.78, 5) is 0. The zero-order valence-electron chi connectivity index (χ0n) is 9.87. The van der Waals surface area contributed by atoms with Gasteiger partial charge in [0.2, 0.25) is 0 Å². The van der Waals surface area contributed by atoms with Crippen molar-refractivity contribution in [3.05, 3.63) is 23.3 Å². The number of aliphatic hydroxyl groups excluding tert-OH is 1. The third-order valence-corrected chi connectivity index (χ3v) is 2.47. The van der Waals surface area contributed by atoms with E-state index in [4.69, 9.17) is 14.6 Å². The Bertz CT molecular complexity index is 367. The van der Waals surface area contributed by atoms with Gasteiger partial charge in [-0.1, -0.05) is 0 Å². The van der Waals surface area contributed by atoms with Crippen molar-refractivity contribution in [1.82, 2.24) is 0 Å². The molecule has 0 aromatic heterocycles. The van der Waals surface area contributed by atoms with Gasteiger partial charge in [-0.3, -0.25) is 0 Å². The lowest BCUT2D eigenvalue weighted by atomic mass is 10.0. The smallest absolute Gasteiger partial charge is 0.267 e. The first kappa shape index (κ1) is 13.7. The molecule has 0 radical (unpaired) electrons. The number of aryl methyl sites for hydroxylation is 1. The van der Waals surface area contributed by atoms with Gasteiger partial charge in [0, 0.05) is 6.61 Å². The Labute approximate surface area is 99.0 Å². The van der Waals surface area contributed by atoms with Crippen molar-refractivity contribution in [2.24, 2.45) is 0 Å². The summed E-state index contributed by atoms with van der Waals surface area (Å²) in [6, 6.07) is 2.83. The SMILES string of the molecule is COc1cc(C(F)F)c(OC)cc1CCCO. The molecular formula is C12H16F2O3. The summed E-state index contributed by atoms with van der Waals surface area (Å²) in [6.45, 7) is 0.0437.